The van der Waals surface area contributed by atoms with Crippen molar-refractivity contribution in [2.75, 3.05) is 17.2 Å². The van der Waals surface area contributed by atoms with Crippen molar-refractivity contribution < 1.29 is 13.5 Å². The Balaban J connectivity index is 1.64. The third kappa shape index (κ3) is 3.24. The highest BCUT2D eigenvalue weighted by atomic mass is 19.3. The van der Waals surface area contributed by atoms with Crippen molar-refractivity contribution in [1.29, 1.82) is 0 Å². The van der Waals surface area contributed by atoms with Gasteiger partial charge in [-0.2, -0.15) is 8.78 Å². The van der Waals surface area contributed by atoms with E-state index in [1.54, 1.807) is 12.1 Å². The molecule has 1 aliphatic heterocycles. The molecule has 0 aliphatic carbocycles. The van der Waals surface area contributed by atoms with Gasteiger partial charge >= 0.3 is 6.61 Å². The van der Waals surface area contributed by atoms with E-state index in [-0.39, 0.29) is 5.75 Å². The number of alkyl halides is 2. The molecule has 2 aromatic carbocycles. The Morgan fingerprint density at radius 2 is 1.95 bits per heavy atom. The molecule has 0 aromatic heterocycles. The van der Waals surface area contributed by atoms with Crippen molar-refractivity contribution in [2.24, 2.45) is 0 Å². The van der Waals surface area contributed by atoms with Gasteiger partial charge in [-0.1, -0.05) is 18.2 Å². The molecular weight excluding hydrogens is 274 g/mol. The van der Waals surface area contributed by atoms with Crippen LogP contribution < -0.4 is 15.4 Å². The van der Waals surface area contributed by atoms with Crippen LogP contribution in [0.15, 0.2) is 42.5 Å². The molecule has 0 unspecified atom stereocenters. The first kappa shape index (κ1) is 13.7. The summed E-state index contributed by atoms with van der Waals surface area (Å²) in [5, 5.41) is 6.68. The van der Waals surface area contributed by atoms with Gasteiger partial charge < -0.3 is 15.4 Å². The van der Waals surface area contributed by atoms with E-state index < -0.39 is 6.61 Å². The predicted octanol–water partition coefficient (Wildman–Crippen LogP) is 3.87. The van der Waals surface area contributed by atoms with Crippen molar-refractivity contribution in [2.45, 2.75) is 19.6 Å². The molecule has 0 saturated heterocycles. The van der Waals surface area contributed by atoms with Crippen LogP contribution in [0.5, 0.6) is 5.75 Å². The van der Waals surface area contributed by atoms with Gasteiger partial charge in [-0.05, 0) is 41.8 Å². The number of hydrogen-bond donors (Lipinski definition) is 2. The minimum Gasteiger partial charge on any atom is -0.435 e. The van der Waals surface area contributed by atoms with Gasteiger partial charge in [0.25, 0.3) is 0 Å². The summed E-state index contributed by atoms with van der Waals surface area (Å²) >= 11 is 0. The molecule has 0 radical (unpaired) electrons. The van der Waals surface area contributed by atoms with E-state index in [9.17, 15) is 8.78 Å². The zero-order valence-corrected chi connectivity index (χ0v) is 11.4. The van der Waals surface area contributed by atoms with E-state index in [0.717, 1.165) is 18.7 Å². The molecule has 3 nitrogen and oxygen atoms in total. The Bertz CT molecular complexity index is 614. The average Bonchev–Trinajstić information content (AvgIpc) is 2.95. The SMILES string of the molecule is FC(F)Oc1ccc(NCc2cccc3c2NCC3)cc1. The van der Waals surface area contributed by atoms with Crippen LogP contribution in [-0.4, -0.2) is 13.2 Å². The lowest BCUT2D eigenvalue weighted by Crippen LogP contribution is -2.04. The van der Waals surface area contributed by atoms with Gasteiger partial charge in [0.1, 0.15) is 5.75 Å². The van der Waals surface area contributed by atoms with Crippen LogP contribution in [0.2, 0.25) is 0 Å². The van der Waals surface area contributed by atoms with Crippen LogP contribution in [0.4, 0.5) is 20.2 Å². The van der Waals surface area contributed by atoms with Crippen molar-refractivity contribution in [1.82, 2.24) is 0 Å². The zero-order chi connectivity index (χ0) is 14.7. The number of rotatable bonds is 5. The Hall–Kier alpha value is -2.30. The largest absolute Gasteiger partial charge is 0.435 e. The molecule has 110 valence electrons. The second kappa shape index (κ2) is 5.99. The Kier molecular flexibility index (Phi) is 3.90. The van der Waals surface area contributed by atoms with E-state index >= 15 is 0 Å². The molecule has 0 atom stereocenters. The lowest BCUT2D eigenvalue weighted by Gasteiger charge is -2.11. The monoisotopic (exact) mass is 290 g/mol. The fourth-order valence-corrected chi connectivity index (χ4v) is 2.51. The molecule has 0 spiro atoms. The van der Waals surface area contributed by atoms with Crippen molar-refractivity contribution in [3.05, 3.63) is 53.6 Å². The summed E-state index contributed by atoms with van der Waals surface area (Å²) in [5.74, 6) is 0.165. The van der Waals surface area contributed by atoms with Crippen LogP contribution in [0.1, 0.15) is 11.1 Å². The summed E-state index contributed by atoms with van der Waals surface area (Å²) in [5.41, 5.74) is 4.63. The van der Waals surface area contributed by atoms with Gasteiger partial charge in [0, 0.05) is 24.5 Å². The molecule has 5 heteroatoms. The summed E-state index contributed by atoms with van der Waals surface area (Å²) in [7, 11) is 0. The third-order valence-electron chi connectivity index (χ3n) is 3.50. The molecule has 0 bridgehead atoms. The van der Waals surface area contributed by atoms with E-state index in [1.807, 2.05) is 0 Å². The highest BCUT2D eigenvalue weighted by Crippen LogP contribution is 2.27. The lowest BCUT2D eigenvalue weighted by atomic mass is 10.1. The van der Waals surface area contributed by atoms with Gasteiger partial charge in [-0.3, -0.25) is 0 Å². The van der Waals surface area contributed by atoms with Crippen molar-refractivity contribution in [3.8, 4) is 5.75 Å². The van der Waals surface area contributed by atoms with Gasteiger partial charge in [-0.15, -0.1) is 0 Å². The molecule has 3 rings (SSSR count). The molecule has 2 N–H and O–H groups in total. The fraction of sp³-hybridized carbons (Fsp3) is 0.250. The first-order chi connectivity index (χ1) is 10.2. The Morgan fingerprint density at radius 3 is 2.71 bits per heavy atom. The first-order valence-electron chi connectivity index (χ1n) is 6.86. The summed E-state index contributed by atoms with van der Waals surface area (Å²) in [6, 6.07) is 12.8. The minimum atomic E-state index is -2.79. The van der Waals surface area contributed by atoms with Crippen LogP contribution in [-0.2, 0) is 13.0 Å². The number of hydrogen-bond acceptors (Lipinski definition) is 3. The number of anilines is 2. The van der Waals surface area contributed by atoms with Crippen molar-refractivity contribution in [3.63, 3.8) is 0 Å². The maximum atomic E-state index is 12.1. The maximum Gasteiger partial charge on any atom is 0.387 e. The standard InChI is InChI=1S/C16H16F2N2O/c17-16(18)21-14-6-4-13(5-7-14)20-10-12-3-1-2-11-8-9-19-15(11)12/h1-7,16,19-20H,8-10H2. The van der Waals surface area contributed by atoms with E-state index in [2.05, 4.69) is 33.6 Å². The highest BCUT2D eigenvalue weighted by molar-refractivity contribution is 5.62. The fourth-order valence-electron chi connectivity index (χ4n) is 2.51. The number of ether oxygens (including phenoxy) is 1. The van der Waals surface area contributed by atoms with Crippen LogP contribution in [0, 0.1) is 0 Å². The molecular formula is C16H16F2N2O. The van der Waals surface area contributed by atoms with Crippen molar-refractivity contribution >= 4 is 11.4 Å². The smallest absolute Gasteiger partial charge is 0.387 e. The van der Waals surface area contributed by atoms with E-state index in [1.165, 1.54) is 28.9 Å². The molecule has 21 heavy (non-hydrogen) atoms. The Morgan fingerprint density at radius 1 is 1.14 bits per heavy atom. The number of fused-ring (bicyclic) bond motifs is 1. The number of benzene rings is 2. The lowest BCUT2D eigenvalue weighted by molar-refractivity contribution is -0.0498. The van der Waals surface area contributed by atoms with Gasteiger partial charge in [0.05, 0.1) is 0 Å². The summed E-state index contributed by atoms with van der Waals surface area (Å²) in [6.45, 7) is -1.13. The molecule has 2 aromatic rings. The molecule has 0 saturated carbocycles. The second-order valence-corrected chi connectivity index (χ2v) is 4.88. The number of nitrogens with one attached hydrogen (secondary N) is 2. The predicted molar refractivity (Wildman–Crippen MR) is 79.0 cm³/mol. The van der Waals surface area contributed by atoms with Crippen LogP contribution in [0.3, 0.4) is 0 Å². The number of halogens is 2. The normalized spacial score (nSPS) is 12.9. The average molecular weight is 290 g/mol. The summed E-state index contributed by atoms with van der Waals surface area (Å²) in [4.78, 5) is 0. The minimum absolute atomic E-state index is 0.165. The molecule has 1 aliphatic rings. The van der Waals surface area contributed by atoms with Gasteiger partial charge in [0.15, 0.2) is 0 Å². The third-order valence-corrected chi connectivity index (χ3v) is 3.50. The van der Waals surface area contributed by atoms with Gasteiger partial charge in [0.2, 0.25) is 0 Å². The van der Waals surface area contributed by atoms with E-state index in [4.69, 9.17) is 0 Å². The molecule has 0 fully saturated rings. The van der Waals surface area contributed by atoms with Crippen LogP contribution in [0.25, 0.3) is 0 Å². The Labute approximate surface area is 121 Å². The van der Waals surface area contributed by atoms with Crippen LogP contribution >= 0.6 is 0 Å². The van der Waals surface area contributed by atoms with E-state index in [0.29, 0.717) is 6.54 Å². The summed E-state index contributed by atoms with van der Waals surface area (Å²) in [6.07, 6.45) is 1.06. The first-order valence-corrected chi connectivity index (χ1v) is 6.86. The topological polar surface area (TPSA) is 33.3 Å². The molecule has 1 heterocycles. The highest BCUT2D eigenvalue weighted by Gasteiger charge is 2.13. The molecule has 0 amide bonds. The zero-order valence-electron chi connectivity index (χ0n) is 11.4. The summed E-state index contributed by atoms with van der Waals surface area (Å²) < 4.78 is 28.5. The second-order valence-electron chi connectivity index (χ2n) is 4.88. The maximum absolute atomic E-state index is 12.1. The quantitative estimate of drug-likeness (QED) is 0.877. The van der Waals surface area contributed by atoms with Gasteiger partial charge in [-0.25, -0.2) is 0 Å². The number of para-hydroxylation sites is 1.